The van der Waals surface area contributed by atoms with Crippen LogP contribution < -0.4 is 0 Å². The Morgan fingerprint density at radius 3 is 3.00 bits per heavy atom. The Morgan fingerprint density at radius 1 is 1.33 bits per heavy atom. The molecular formula is C12H14BrNO. The topological polar surface area (TPSA) is 14.2 Å². The lowest BCUT2D eigenvalue weighted by atomic mass is 10.2. The van der Waals surface area contributed by atoms with Gasteiger partial charge >= 0.3 is 0 Å². The molecule has 0 spiro atoms. The minimum absolute atomic E-state index is 0.771. The van der Waals surface area contributed by atoms with Crippen molar-refractivity contribution in [2.24, 2.45) is 0 Å². The van der Waals surface area contributed by atoms with E-state index in [2.05, 4.69) is 51.0 Å². The number of aromatic nitrogens is 1. The van der Waals surface area contributed by atoms with Crippen LogP contribution in [-0.2, 0) is 11.3 Å². The van der Waals surface area contributed by atoms with Crippen molar-refractivity contribution < 1.29 is 4.74 Å². The predicted octanol–water partition coefficient (Wildman–Crippen LogP) is 3.44. The fourth-order valence-electron chi connectivity index (χ4n) is 1.69. The predicted molar refractivity (Wildman–Crippen MR) is 66.1 cm³/mol. The van der Waals surface area contributed by atoms with Gasteiger partial charge in [-0.15, -0.1) is 0 Å². The van der Waals surface area contributed by atoms with Crippen LogP contribution in [-0.4, -0.2) is 17.8 Å². The molecule has 0 bridgehead atoms. The molecular weight excluding hydrogens is 254 g/mol. The van der Waals surface area contributed by atoms with Gasteiger partial charge in [0.25, 0.3) is 0 Å². The highest BCUT2D eigenvalue weighted by atomic mass is 79.9. The van der Waals surface area contributed by atoms with Crippen LogP contribution >= 0.6 is 15.9 Å². The Hall–Kier alpha value is -0.800. The molecule has 0 saturated heterocycles. The van der Waals surface area contributed by atoms with Gasteiger partial charge in [-0.3, -0.25) is 0 Å². The van der Waals surface area contributed by atoms with Crippen molar-refractivity contribution in [1.29, 1.82) is 0 Å². The molecule has 0 fully saturated rings. The zero-order valence-electron chi connectivity index (χ0n) is 8.74. The molecule has 1 aromatic carbocycles. The minimum atomic E-state index is 0.771. The summed E-state index contributed by atoms with van der Waals surface area (Å²) in [5, 5.41) is 1.26. The molecule has 1 aromatic heterocycles. The molecule has 0 atom stereocenters. The average molecular weight is 268 g/mol. The van der Waals surface area contributed by atoms with E-state index in [1.165, 1.54) is 10.9 Å². The van der Waals surface area contributed by atoms with E-state index in [0.29, 0.717) is 0 Å². The first kappa shape index (κ1) is 10.7. The largest absolute Gasteiger partial charge is 0.380 e. The van der Waals surface area contributed by atoms with Gasteiger partial charge in [-0.2, -0.15) is 0 Å². The minimum Gasteiger partial charge on any atom is -0.380 e. The Labute approximate surface area is 98.0 Å². The van der Waals surface area contributed by atoms with Crippen molar-refractivity contribution in [3.63, 3.8) is 0 Å². The van der Waals surface area contributed by atoms with Gasteiger partial charge in [0.1, 0.15) is 0 Å². The van der Waals surface area contributed by atoms with Crippen molar-refractivity contribution in [3.05, 3.63) is 34.9 Å². The van der Waals surface area contributed by atoms with Crippen LogP contribution in [0.2, 0.25) is 0 Å². The smallest absolute Gasteiger partial charge is 0.0645 e. The lowest BCUT2D eigenvalue weighted by molar-refractivity contribution is 0.140. The van der Waals surface area contributed by atoms with E-state index in [-0.39, 0.29) is 0 Å². The SMILES string of the molecule is CCOCCn1ccc2c(Br)cccc21. The fourth-order valence-corrected chi connectivity index (χ4v) is 2.18. The third kappa shape index (κ3) is 2.24. The first-order valence-corrected chi connectivity index (χ1v) is 5.93. The van der Waals surface area contributed by atoms with Crippen LogP contribution in [0, 0.1) is 0 Å². The molecule has 2 nitrogen and oxygen atoms in total. The number of benzene rings is 1. The summed E-state index contributed by atoms with van der Waals surface area (Å²) in [4.78, 5) is 0. The summed E-state index contributed by atoms with van der Waals surface area (Å²) in [6.45, 7) is 4.48. The van der Waals surface area contributed by atoms with Crippen LogP contribution in [0.4, 0.5) is 0 Å². The highest BCUT2D eigenvalue weighted by Gasteiger charge is 2.02. The van der Waals surface area contributed by atoms with E-state index >= 15 is 0 Å². The van der Waals surface area contributed by atoms with Gasteiger partial charge in [-0.05, 0) is 25.1 Å². The second kappa shape index (κ2) is 4.81. The molecule has 0 saturated carbocycles. The molecule has 0 N–H and O–H groups in total. The fraction of sp³-hybridized carbons (Fsp3) is 0.333. The third-order valence-corrected chi connectivity index (χ3v) is 3.13. The number of halogens is 1. The van der Waals surface area contributed by atoms with Crippen molar-refractivity contribution in [3.8, 4) is 0 Å². The number of hydrogen-bond donors (Lipinski definition) is 0. The summed E-state index contributed by atoms with van der Waals surface area (Å²) in [6, 6.07) is 8.39. The van der Waals surface area contributed by atoms with Crippen LogP contribution in [0.5, 0.6) is 0 Å². The Balaban J connectivity index is 2.25. The Morgan fingerprint density at radius 2 is 2.20 bits per heavy atom. The highest BCUT2D eigenvalue weighted by molar-refractivity contribution is 9.10. The third-order valence-electron chi connectivity index (χ3n) is 2.44. The maximum atomic E-state index is 5.35. The van der Waals surface area contributed by atoms with Crippen molar-refractivity contribution >= 4 is 26.8 Å². The number of nitrogens with zero attached hydrogens (tertiary/aromatic N) is 1. The molecule has 0 aliphatic rings. The Kier molecular flexibility index (Phi) is 3.44. The van der Waals surface area contributed by atoms with Gasteiger partial charge in [0, 0.05) is 34.7 Å². The molecule has 0 amide bonds. The number of hydrogen-bond acceptors (Lipinski definition) is 1. The van der Waals surface area contributed by atoms with Gasteiger partial charge in [-0.25, -0.2) is 0 Å². The van der Waals surface area contributed by atoms with Crippen LogP contribution in [0.25, 0.3) is 10.9 Å². The molecule has 3 heteroatoms. The van der Waals surface area contributed by atoms with E-state index in [9.17, 15) is 0 Å². The van der Waals surface area contributed by atoms with E-state index in [4.69, 9.17) is 4.74 Å². The second-order valence-corrected chi connectivity index (χ2v) is 4.23. The summed E-state index contributed by atoms with van der Waals surface area (Å²) in [5.74, 6) is 0. The lowest BCUT2D eigenvalue weighted by Gasteiger charge is -2.05. The molecule has 0 aliphatic carbocycles. The van der Waals surface area contributed by atoms with Crippen molar-refractivity contribution in [2.45, 2.75) is 13.5 Å². The van der Waals surface area contributed by atoms with Crippen molar-refractivity contribution in [1.82, 2.24) is 4.57 Å². The quantitative estimate of drug-likeness (QED) is 0.775. The standard InChI is InChI=1S/C12H14BrNO/c1-2-15-9-8-14-7-6-10-11(13)4-3-5-12(10)14/h3-7H,2,8-9H2,1H3. The highest BCUT2D eigenvalue weighted by Crippen LogP contribution is 2.24. The molecule has 1 heterocycles. The zero-order valence-corrected chi connectivity index (χ0v) is 10.3. The number of fused-ring (bicyclic) bond motifs is 1. The molecule has 80 valence electrons. The van der Waals surface area contributed by atoms with E-state index in [1.807, 2.05) is 6.92 Å². The summed E-state index contributed by atoms with van der Waals surface area (Å²) in [7, 11) is 0. The molecule has 15 heavy (non-hydrogen) atoms. The maximum Gasteiger partial charge on any atom is 0.0645 e. The first-order chi connectivity index (χ1) is 7.33. The molecule has 0 unspecified atom stereocenters. The van der Waals surface area contributed by atoms with Gasteiger partial charge in [-0.1, -0.05) is 22.0 Å². The zero-order chi connectivity index (χ0) is 10.7. The number of ether oxygens (including phenoxy) is 1. The lowest BCUT2D eigenvalue weighted by Crippen LogP contribution is -2.04. The Bertz CT molecular complexity index is 450. The summed E-state index contributed by atoms with van der Waals surface area (Å²) < 4.78 is 8.72. The molecule has 0 aliphatic heterocycles. The van der Waals surface area contributed by atoms with E-state index < -0.39 is 0 Å². The van der Waals surface area contributed by atoms with Gasteiger partial charge in [0.2, 0.25) is 0 Å². The second-order valence-electron chi connectivity index (χ2n) is 3.38. The van der Waals surface area contributed by atoms with Crippen molar-refractivity contribution in [2.75, 3.05) is 13.2 Å². The van der Waals surface area contributed by atoms with Crippen LogP contribution in [0.1, 0.15) is 6.92 Å². The molecule has 0 radical (unpaired) electrons. The first-order valence-electron chi connectivity index (χ1n) is 5.14. The number of rotatable bonds is 4. The average Bonchev–Trinajstić information content (AvgIpc) is 2.64. The van der Waals surface area contributed by atoms with Crippen LogP contribution in [0.15, 0.2) is 34.9 Å². The summed E-state index contributed by atoms with van der Waals surface area (Å²) >= 11 is 3.55. The molecule has 2 rings (SSSR count). The summed E-state index contributed by atoms with van der Waals surface area (Å²) in [5.41, 5.74) is 1.25. The summed E-state index contributed by atoms with van der Waals surface area (Å²) in [6.07, 6.45) is 2.11. The maximum absolute atomic E-state index is 5.35. The van der Waals surface area contributed by atoms with Gasteiger partial charge in [0.15, 0.2) is 0 Å². The monoisotopic (exact) mass is 267 g/mol. The molecule has 2 aromatic rings. The van der Waals surface area contributed by atoms with E-state index in [1.54, 1.807) is 0 Å². The van der Waals surface area contributed by atoms with E-state index in [0.717, 1.165) is 24.2 Å². The van der Waals surface area contributed by atoms with Gasteiger partial charge < -0.3 is 9.30 Å². The van der Waals surface area contributed by atoms with Gasteiger partial charge in [0.05, 0.1) is 6.61 Å². The van der Waals surface area contributed by atoms with Crippen LogP contribution in [0.3, 0.4) is 0 Å². The normalized spacial score (nSPS) is 11.1.